The highest BCUT2D eigenvalue weighted by Crippen LogP contribution is 2.40. The van der Waals surface area contributed by atoms with Crippen LogP contribution in [0.2, 0.25) is 0 Å². The summed E-state index contributed by atoms with van der Waals surface area (Å²) in [6, 6.07) is 7.37. The predicted octanol–water partition coefficient (Wildman–Crippen LogP) is 3.75. The minimum Gasteiger partial charge on any atom is -0.506 e. The Balaban J connectivity index is 1.57. The Morgan fingerprint density at radius 3 is 2.74 bits per heavy atom. The smallest absolute Gasteiger partial charge is 0.339 e. The zero-order valence-electron chi connectivity index (χ0n) is 17.7. The molecule has 2 N–H and O–H groups in total. The van der Waals surface area contributed by atoms with E-state index in [1.807, 2.05) is 31.2 Å². The Morgan fingerprint density at radius 2 is 1.97 bits per heavy atom. The largest absolute Gasteiger partial charge is 0.506 e. The van der Waals surface area contributed by atoms with Crippen LogP contribution < -0.4 is 20.5 Å². The van der Waals surface area contributed by atoms with Gasteiger partial charge in [-0.15, -0.1) is 0 Å². The molecule has 1 atom stereocenters. The Hall–Kier alpha value is -3.48. The molecule has 3 aromatic rings. The van der Waals surface area contributed by atoms with Crippen molar-refractivity contribution in [2.75, 3.05) is 14.2 Å². The van der Waals surface area contributed by atoms with Crippen LogP contribution in [0.4, 0.5) is 0 Å². The van der Waals surface area contributed by atoms with Crippen LogP contribution in [0.25, 0.3) is 11.0 Å². The summed E-state index contributed by atoms with van der Waals surface area (Å²) >= 11 is 0. The number of aryl methyl sites for hydroxylation is 2. The first-order chi connectivity index (χ1) is 15.0. The second kappa shape index (κ2) is 7.34. The number of ether oxygens (including phenoxy) is 2. The fourth-order valence-electron chi connectivity index (χ4n) is 4.80. The Bertz CT molecular complexity index is 1290. The molecule has 2 aromatic carbocycles. The van der Waals surface area contributed by atoms with Crippen molar-refractivity contribution in [3.05, 3.63) is 62.5 Å². The molecule has 0 unspecified atom stereocenters. The second-order valence-electron chi connectivity index (χ2n) is 8.04. The number of hydrogen-bond donors (Lipinski definition) is 2. The van der Waals surface area contributed by atoms with Gasteiger partial charge in [0.1, 0.15) is 22.8 Å². The highest BCUT2D eigenvalue weighted by Gasteiger charge is 2.30. The molecule has 0 bridgehead atoms. The number of hydrogen-bond acceptors (Lipinski definition) is 7. The first kappa shape index (κ1) is 19.5. The van der Waals surface area contributed by atoms with Crippen LogP contribution in [0, 0.1) is 6.92 Å². The van der Waals surface area contributed by atoms with Crippen molar-refractivity contribution in [1.82, 2.24) is 5.43 Å². The van der Waals surface area contributed by atoms with Crippen molar-refractivity contribution in [2.24, 2.45) is 5.10 Å². The molecule has 0 saturated carbocycles. The SMILES string of the molecule is COc1ccc(OC)c([C@@H]2CC(c3c(C)cc4oc(=O)c5c(c4c3O)CCC5)=NN2)c1. The Labute approximate surface area is 179 Å². The third kappa shape index (κ3) is 3.03. The number of methoxy groups -OCH3 is 2. The Morgan fingerprint density at radius 1 is 1.16 bits per heavy atom. The molecule has 1 aromatic heterocycles. The maximum atomic E-state index is 12.3. The van der Waals surface area contributed by atoms with Crippen LogP contribution in [0.5, 0.6) is 17.2 Å². The zero-order chi connectivity index (χ0) is 21.7. The summed E-state index contributed by atoms with van der Waals surface area (Å²) in [5, 5.41) is 16.5. The summed E-state index contributed by atoms with van der Waals surface area (Å²) in [6.07, 6.45) is 2.92. The van der Waals surface area contributed by atoms with Gasteiger partial charge < -0.3 is 24.4 Å². The number of fused-ring (bicyclic) bond motifs is 3. The monoisotopic (exact) mass is 420 g/mol. The second-order valence-corrected chi connectivity index (χ2v) is 8.04. The molecule has 0 saturated heterocycles. The van der Waals surface area contributed by atoms with Crippen LogP contribution in [-0.2, 0) is 12.8 Å². The zero-order valence-corrected chi connectivity index (χ0v) is 17.7. The predicted molar refractivity (Wildman–Crippen MR) is 117 cm³/mol. The molecule has 5 rings (SSSR count). The lowest BCUT2D eigenvalue weighted by molar-refractivity contribution is 0.392. The summed E-state index contributed by atoms with van der Waals surface area (Å²) in [5.41, 5.74) is 8.09. The van der Waals surface area contributed by atoms with Crippen LogP contribution in [0.3, 0.4) is 0 Å². The van der Waals surface area contributed by atoms with E-state index in [9.17, 15) is 9.90 Å². The molecule has 31 heavy (non-hydrogen) atoms. The van der Waals surface area contributed by atoms with E-state index >= 15 is 0 Å². The van der Waals surface area contributed by atoms with Gasteiger partial charge in [-0.1, -0.05) is 0 Å². The average Bonchev–Trinajstić information content (AvgIpc) is 3.43. The van der Waals surface area contributed by atoms with E-state index in [1.165, 1.54) is 0 Å². The van der Waals surface area contributed by atoms with Crippen LogP contribution >= 0.6 is 0 Å². The third-order valence-electron chi connectivity index (χ3n) is 6.28. The van der Waals surface area contributed by atoms with Crippen LogP contribution in [0.1, 0.15) is 46.7 Å². The molecule has 0 radical (unpaired) electrons. The molecular weight excluding hydrogens is 396 g/mol. The van der Waals surface area contributed by atoms with Gasteiger partial charge in [0.15, 0.2) is 0 Å². The lowest BCUT2D eigenvalue weighted by Gasteiger charge is -2.16. The average molecular weight is 420 g/mol. The van der Waals surface area contributed by atoms with Crippen molar-refractivity contribution < 1.29 is 19.0 Å². The minimum atomic E-state index is -0.295. The van der Waals surface area contributed by atoms with Gasteiger partial charge in [0.05, 0.1) is 31.4 Å². The molecule has 7 nitrogen and oxygen atoms in total. The number of nitrogens with one attached hydrogen (secondary N) is 1. The van der Waals surface area contributed by atoms with Crippen LogP contribution in [0.15, 0.2) is 38.6 Å². The first-order valence-electron chi connectivity index (χ1n) is 10.4. The van der Waals surface area contributed by atoms with E-state index in [0.717, 1.165) is 46.7 Å². The molecule has 0 fully saturated rings. The van der Waals surface area contributed by atoms with Crippen molar-refractivity contribution in [1.29, 1.82) is 0 Å². The maximum Gasteiger partial charge on any atom is 0.339 e. The van der Waals surface area contributed by atoms with Crippen molar-refractivity contribution in [3.63, 3.8) is 0 Å². The van der Waals surface area contributed by atoms with Crippen molar-refractivity contribution in [2.45, 2.75) is 38.6 Å². The van der Waals surface area contributed by atoms with Gasteiger partial charge in [0.2, 0.25) is 0 Å². The lowest BCUT2D eigenvalue weighted by atomic mass is 9.92. The quantitative estimate of drug-likeness (QED) is 0.625. The third-order valence-corrected chi connectivity index (χ3v) is 6.28. The summed E-state index contributed by atoms with van der Waals surface area (Å²) in [4.78, 5) is 12.3. The number of nitrogens with zero attached hydrogens (tertiary/aromatic N) is 1. The van der Waals surface area contributed by atoms with E-state index in [-0.39, 0.29) is 17.4 Å². The summed E-state index contributed by atoms with van der Waals surface area (Å²) in [5.74, 6) is 1.62. The van der Waals surface area contributed by atoms with E-state index in [0.29, 0.717) is 34.9 Å². The van der Waals surface area contributed by atoms with Gasteiger partial charge in [-0.2, -0.15) is 5.10 Å². The number of hydrazone groups is 1. The molecule has 0 spiro atoms. The highest BCUT2D eigenvalue weighted by molar-refractivity contribution is 6.09. The summed E-state index contributed by atoms with van der Waals surface area (Å²) in [6.45, 7) is 1.89. The molecule has 2 heterocycles. The maximum absolute atomic E-state index is 12.3. The number of phenolic OH excluding ortho intramolecular Hbond substituents is 1. The lowest BCUT2D eigenvalue weighted by Crippen LogP contribution is -2.12. The molecule has 2 aliphatic rings. The van der Waals surface area contributed by atoms with E-state index < -0.39 is 0 Å². The molecule has 0 amide bonds. The molecule has 160 valence electrons. The highest BCUT2D eigenvalue weighted by atomic mass is 16.5. The normalized spacial score (nSPS) is 17.4. The van der Waals surface area contributed by atoms with Crippen molar-refractivity contribution >= 4 is 16.7 Å². The van der Waals surface area contributed by atoms with Gasteiger partial charge in [0.25, 0.3) is 0 Å². The van der Waals surface area contributed by atoms with Gasteiger partial charge in [-0.25, -0.2) is 4.79 Å². The minimum absolute atomic E-state index is 0.117. The summed E-state index contributed by atoms with van der Waals surface area (Å²) in [7, 11) is 3.26. The molecular formula is C24H24N2O5. The van der Waals surface area contributed by atoms with Gasteiger partial charge in [0, 0.05) is 23.1 Å². The number of rotatable bonds is 4. The number of benzene rings is 2. The summed E-state index contributed by atoms with van der Waals surface area (Å²) < 4.78 is 16.4. The van der Waals surface area contributed by atoms with E-state index in [1.54, 1.807) is 14.2 Å². The number of phenols is 1. The van der Waals surface area contributed by atoms with E-state index in [2.05, 4.69) is 10.5 Å². The fraction of sp³-hybridized carbons (Fsp3) is 0.333. The van der Waals surface area contributed by atoms with Gasteiger partial charge in [-0.3, -0.25) is 0 Å². The van der Waals surface area contributed by atoms with Gasteiger partial charge in [-0.05, 0) is 61.6 Å². The Kier molecular flexibility index (Phi) is 4.61. The fourth-order valence-corrected chi connectivity index (χ4v) is 4.80. The number of aromatic hydroxyl groups is 1. The van der Waals surface area contributed by atoms with E-state index in [4.69, 9.17) is 13.9 Å². The molecule has 1 aliphatic carbocycles. The van der Waals surface area contributed by atoms with Gasteiger partial charge >= 0.3 is 5.63 Å². The topological polar surface area (TPSA) is 93.3 Å². The first-order valence-corrected chi connectivity index (χ1v) is 10.4. The van der Waals surface area contributed by atoms with Crippen molar-refractivity contribution in [3.8, 4) is 17.2 Å². The molecule has 1 aliphatic heterocycles. The molecule has 7 heteroatoms. The standard InChI is InChI=1S/C24H24N2O5/c1-12-9-20-22(14-5-4-6-15(14)24(28)31-20)23(27)21(12)18-11-17(25-26-18)16-10-13(29-2)7-8-19(16)30-3/h7-10,17,25,27H,4-6,11H2,1-3H3/t17-/m0/s1. The van der Waals surface area contributed by atoms with Crippen LogP contribution in [-0.4, -0.2) is 25.0 Å².